The summed E-state index contributed by atoms with van der Waals surface area (Å²) in [4.78, 5) is 8.76. The van der Waals surface area contributed by atoms with E-state index in [-0.39, 0.29) is 0 Å². The number of benzene rings is 2. The SMILES string of the molecule is Cc1ccc(-c2c/c(=N\Nc3nc(C)cc(C)n3)c3ccccc3o2)cc1. The first-order valence-electron chi connectivity index (χ1n) is 8.80. The number of aryl methyl sites for hydroxylation is 3. The summed E-state index contributed by atoms with van der Waals surface area (Å²) >= 11 is 0. The van der Waals surface area contributed by atoms with Crippen molar-refractivity contribution in [1.82, 2.24) is 9.97 Å². The molecule has 0 spiro atoms. The maximum absolute atomic E-state index is 6.10. The highest BCUT2D eigenvalue weighted by molar-refractivity contribution is 5.78. The molecular weight excluding hydrogens is 336 g/mol. The predicted octanol–water partition coefficient (Wildman–Crippen LogP) is 4.74. The summed E-state index contributed by atoms with van der Waals surface area (Å²) in [6, 6.07) is 19.9. The Kier molecular flexibility index (Phi) is 4.42. The lowest BCUT2D eigenvalue weighted by molar-refractivity contribution is 0.618. The molecular formula is C22H20N4O. The summed E-state index contributed by atoms with van der Waals surface area (Å²) in [5.74, 6) is 1.24. The quantitative estimate of drug-likeness (QED) is 0.538. The van der Waals surface area contributed by atoms with Crippen molar-refractivity contribution in [1.29, 1.82) is 0 Å². The standard InChI is InChI=1S/C22H20N4O/c1-14-8-10-17(11-9-14)21-13-19(18-6-4-5-7-20(18)27-21)25-26-22-23-15(2)12-16(3)24-22/h4-13H,1-3H3,(H,23,24,26)/b25-19+. The van der Waals surface area contributed by atoms with Gasteiger partial charge < -0.3 is 4.42 Å². The monoisotopic (exact) mass is 356 g/mol. The number of aromatic nitrogens is 2. The first-order chi connectivity index (χ1) is 13.1. The van der Waals surface area contributed by atoms with Crippen LogP contribution in [0.4, 0.5) is 5.95 Å². The highest BCUT2D eigenvalue weighted by Gasteiger charge is 2.06. The fraction of sp³-hybridized carbons (Fsp3) is 0.136. The van der Waals surface area contributed by atoms with Gasteiger partial charge in [-0.05, 0) is 39.0 Å². The Morgan fingerprint density at radius 3 is 2.30 bits per heavy atom. The zero-order valence-corrected chi connectivity index (χ0v) is 15.5. The summed E-state index contributed by atoms with van der Waals surface area (Å²) in [5, 5.41) is 6.25. The zero-order valence-electron chi connectivity index (χ0n) is 15.5. The van der Waals surface area contributed by atoms with Gasteiger partial charge >= 0.3 is 0 Å². The van der Waals surface area contributed by atoms with E-state index in [0.29, 0.717) is 5.95 Å². The molecule has 2 aromatic heterocycles. The minimum absolute atomic E-state index is 0.481. The van der Waals surface area contributed by atoms with E-state index in [1.54, 1.807) is 0 Å². The van der Waals surface area contributed by atoms with Crippen LogP contribution in [-0.2, 0) is 0 Å². The van der Waals surface area contributed by atoms with Gasteiger partial charge in [-0.3, -0.25) is 0 Å². The summed E-state index contributed by atoms with van der Waals surface area (Å²) in [6.45, 7) is 5.94. The van der Waals surface area contributed by atoms with Gasteiger partial charge in [0.15, 0.2) is 0 Å². The second-order valence-corrected chi connectivity index (χ2v) is 6.56. The molecule has 0 atom stereocenters. The van der Waals surface area contributed by atoms with Crippen LogP contribution in [0.1, 0.15) is 17.0 Å². The molecule has 0 saturated heterocycles. The smallest absolute Gasteiger partial charge is 0.243 e. The van der Waals surface area contributed by atoms with Crippen LogP contribution in [-0.4, -0.2) is 9.97 Å². The third-order valence-corrected chi connectivity index (χ3v) is 4.25. The van der Waals surface area contributed by atoms with E-state index >= 15 is 0 Å². The minimum atomic E-state index is 0.481. The van der Waals surface area contributed by atoms with Crippen LogP contribution in [0.25, 0.3) is 22.3 Å². The third-order valence-electron chi connectivity index (χ3n) is 4.25. The largest absolute Gasteiger partial charge is 0.456 e. The normalized spacial score (nSPS) is 11.7. The van der Waals surface area contributed by atoms with Gasteiger partial charge in [-0.25, -0.2) is 15.4 Å². The Bertz CT molecular complexity index is 1160. The van der Waals surface area contributed by atoms with Crippen LogP contribution in [0.2, 0.25) is 0 Å². The van der Waals surface area contributed by atoms with Gasteiger partial charge in [0.25, 0.3) is 0 Å². The Labute approximate surface area is 157 Å². The molecule has 0 aliphatic heterocycles. The zero-order chi connectivity index (χ0) is 18.8. The molecule has 134 valence electrons. The van der Waals surface area contributed by atoms with Crippen molar-refractivity contribution in [2.75, 3.05) is 5.43 Å². The van der Waals surface area contributed by atoms with Gasteiger partial charge in [0.1, 0.15) is 11.3 Å². The Balaban J connectivity index is 1.84. The molecule has 0 radical (unpaired) electrons. The molecule has 5 nitrogen and oxygen atoms in total. The highest BCUT2D eigenvalue weighted by atomic mass is 16.3. The van der Waals surface area contributed by atoms with E-state index in [1.807, 2.05) is 62.4 Å². The molecule has 1 N–H and O–H groups in total. The van der Waals surface area contributed by atoms with E-state index in [1.165, 1.54) is 5.56 Å². The van der Waals surface area contributed by atoms with E-state index in [2.05, 4.69) is 39.6 Å². The molecule has 4 rings (SSSR count). The lowest BCUT2D eigenvalue weighted by atomic mass is 10.1. The fourth-order valence-electron chi connectivity index (χ4n) is 2.96. The molecule has 0 amide bonds. The van der Waals surface area contributed by atoms with Crippen molar-refractivity contribution in [3.63, 3.8) is 0 Å². The van der Waals surface area contributed by atoms with E-state index in [9.17, 15) is 0 Å². The predicted molar refractivity (Wildman–Crippen MR) is 107 cm³/mol. The number of hydrogen-bond acceptors (Lipinski definition) is 5. The van der Waals surface area contributed by atoms with Crippen molar-refractivity contribution in [3.8, 4) is 11.3 Å². The van der Waals surface area contributed by atoms with Crippen LogP contribution in [0.3, 0.4) is 0 Å². The molecule has 2 heterocycles. The maximum Gasteiger partial charge on any atom is 0.243 e. The Hall–Kier alpha value is -3.47. The van der Waals surface area contributed by atoms with Gasteiger partial charge in [-0.1, -0.05) is 42.0 Å². The van der Waals surface area contributed by atoms with Crippen LogP contribution in [0, 0.1) is 20.8 Å². The molecule has 2 aromatic carbocycles. The van der Waals surface area contributed by atoms with Crippen molar-refractivity contribution >= 4 is 16.9 Å². The summed E-state index contributed by atoms with van der Waals surface area (Å²) in [6.07, 6.45) is 0. The molecule has 0 fully saturated rings. The second kappa shape index (κ2) is 7.03. The molecule has 0 bridgehead atoms. The fourth-order valence-corrected chi connectivity index (χ4v) is 2.96. The molecule has 0 unspecified atom stereocenters. The summed E-state index contributed by atoms with van der Waals surface area (Å²) < 4.78 is 6.10. The molecule has 0 aliphatic rings. The average molecular weight is 356 g/mol. The molecule has 27 heavy (non-hydrogen) atoms. The third kappa shape index (κ3) is 3.72. The summed E-state index contributed by atoms with van der Waals surface area (Å²) in [7, 11) is 0. The van der Waals surface area contributed by atoms with E-state index in [0.717, 1.165) is 39.0 Å². The number of fused-ring (bicyclic) bond motifs is 1. The molecule has 0 saturated carbocycles. The van der Waals surface area contributed by atoms with Gasteiger partial charge in [-0.2, -0.15) is 5.10 Å². The average Bonchev–Trinajstić information content (AvgIpc) is 2.66. The molecule has 4 aromatic rings. The van der Waals surface area contributed by atoms with E-state index in [4.69, 9.17) is 4.42 Å². The van der Waals surface area contributed by atoms with Crippen LogP contribution >= 0.6 is 0 Å². The number of rotatable bonds is 3. The van der Waals surface area contributed by atoms with Crippen molar-refractivity contribution in [2.24, 2.45) is 5.10 Å². The van der Waals surface area contributed by atoms with Gasteiger partial charge in [0, 0.05) is 28.4 Å². The number of anilines is 1. The van der Waals surface area contributed by atoms with Gasteiger partial charge in [0.2, 0.25) is 5.95 Å². The van der Waals surface area contributed by atoms with E-state index < -0.39 is 0 Å². The van der Waals surface area contributed by atoms with Crippen LogP contribution in [0.5, 0.6) is 0 Å². The number of nitrogens with zero attached hydrogens (tertiary/aromatic N) is 3. The lowest BCUT2D eigenvalue weighted by Gasteiger charge is -2.06. The Morgan fingerprint density at radius 2 is 1.56 bits per heavy atom. The van der Waals surface area contributed by atoms with Crippen molar-refractivity contribution in [2.45, 2.75) is 20.8 Å². The van der Waals surface area contributed by atoms with Crippen LogP contribution < -0.4 is 10.8 Å². The van der Waals surface area contributed by atoms with Gasteiger partial charge in [0.05, 0.1) is 5.36 Å². The first-order valence-corrected chi connectivity index (χ1v) is 8.80. The van der Waals surface area contributed by atoms with Crippen molar-refractivity contribution < 1.29 is 4.42 Å². The number of nitrogens with one attached hydrogen (secondary N) is 1. The van der Waals surface area contributed by atoms with Crippen LogP contribution in [0.15, 0.2) is 70.2 Å². The van der Waals surface area contributed by atoms with Gasteiger partial charge in [-0.15, -0.1) is 0 Å². The highest BCUT2D eigenvalue weighted by Crippen LogP contribution is 2.22. The first kappa shape index (κ1) is 17.0. The number of para-hydroxylation sites is 1. The topological polar surface area (TPSA) is 63.3 Å². The second-order valence-electron chi connectivity index (χ2n) is 6.56. The lowest BCUT2D eigenvalue weighted by Crippen LogP contribution is -2.09. The Morgan fingerprint density at radius 1 is 0.852 bits per heavy atom. The molecule has 0 aliphatic carbocycles. The minimum Gasteiger partial charge on any atom is -0.456 e. The van der Waals surface area contributed by atoms with Crippen molar-refractivity contribution in [3.05, 3.63) is 83.0 Å². The number of hydrogen-bond donors (Lipinski definition) is 1. The maximum atomic E-state index is 6.10. The molecule has 5 heteroatoms. The summed E-state index contributed by atoms with van der Waals surface area (Å²) in [5.41, 5.74) is 7.76.